The van der Waals surface area contributed by atoms with Crippen molar-refractivity contribution in [1.29, 1.82) is 0 Å². The Morgan fingerprint density at radius 1 is 0.655 bits per heavy atom. The van der Waals surface area contributed by atoms with E-state index in [1.165, 1.54) is 9.80 Å². The fourth-order valence-electron chi connectivity index (χ4n) is 7.73. The van der Waals surface area contributed by atoms with Crippen LogP contribution in [0.4, 0.5) is 15.3 Å². The number of hydrogen-bond acceptors (Lipinski definition) is 11. The third-order valence-electron chi connectivity index (χ3n) is 10.4. The van der Waals surface area contributed by atoms with Crippen LogP contribution in [0.1, 0.15) is 130 Å². The number of carbonyl (C=O) groups is 9. The summed E-state index contributed by atoms with van der Waals surface area (Å²) in [7, 11) is 0. The lowest BCUT2D eigenvalue weighted by molar-refractivity contribution is -0.152. The van der Waals surface area contributed by atoms with Crippen LogP contribution in [0.2, 0.25) is 0 Å². The summed E-state index contributed by atoms with van der Waals surface area (Å²) >= 11 is 0. The number of carbonyl (C=O) groups excluding carboxylic acids is 9. The maximum atomic E-state index is 13.5. The van der Waals surface area contributed by atoms with E-state index in [-0.39, 0.29) is 57.0 Å². The van der Waals surface area contributed by atoms with Crippen LogP contribution >= 0.6 is 0 Å². The summed E-state index contributed by atoms with van der Waals surface area (Å²) in [4.78, 5) is 121. The van der Waals surface area contributed by atoms with Crippen molar-refractivity contribution in [2.75, 3.05) is 5.32 Å². The molecular formula is C42H49N5O11. The molecule has 6 rings (SSSR count). The summed E-state index contributed by atoms with van der Waals surface area (Å²) in [5.74, 6) is -4.00. The molecule has 16 heteroatoms. The van der Waals surface area contributed by atoms with Crippen LogP contribution < -0.4 is 5.32 Å². The minimum absolute atomic E-state index is 0.00767. The van der Waals surface area contributed by atoms with E-state index in [0.29, 0.717) is 57.9 Å². The molecule has 308 valence electrons. The van der Waals surface area contributed by atoms with Crippen molar-refractivity contribution in [1.82, 2.24) is 19.6 Å². The zero-order valence-corrected chi connectivity index (χ0v) is 33.7. The molecule has 0 bridgehead atoms. The number of likely N-dealkylation sites (tertiary alicyclic amines) is 2. The molecule has 0 aliphatic carbocycles. The van der Waals surface area contributed by atoms with Crippen molar-refractivity contribution in [2.45, 2.75) is 136 Å². The second kappa shape index (κ2) is 16.1. The van der Waals surface area contributed by atoms with Gasteiger partial charge < -0.3 is 24.6 Å². The molecule has 16 nitrogen and oxygen atoms in total. The molecule has 4 aliphatic rings. The molecule has 2 atom stereocenters. The minimum Gasteiger partial charge on any atom is -0.443 e. The summed E-state index contributed by atoms with van der Waals surface area (Å²) in [5.41, 5.74) is 1.63. The molecule has 2 unspecified atom stereocenters. The zero-order chi connectivity index (χ0) is 42.3. The van der Waals surface area contributed by atoms with Gasteiger partial charge in [0.15, 0.2) is 0 Å². The van der Waals surface area contributed by atoms with Crippen LogP contribution in [0, 0.1) is 0 Å². The number of nitrogens with zero attached hydrogens (tertiary/aromatic N) is 4. The van der Waals surface area contributed by atoms with E-state index in [9.17, 15) is 43.2 Å². The fourth-order valence-corrected chi connectivity index (χ4v) is 7.73. The maximum Gasteiger partial charge on any atom is 0.424 e. The Kier molecular flexibility index (Phi) is 11.6. The van der Waals surface area contributed by atoms with E-state index in [2.05, 4.69) is 5.32 Å². The molecule has 4 heterocycles. The van der Waals surface area contributed by atoms with Crippen LogP contribution in [0.15, 0.2) is 36.4 Å². The summed E-state index contributed by atoms with van der Waals surface area (Å²) in [6, 6.07) is 8.30. The molecule has 2 aromatic rings. The molecule has 2 aromatic carbocycles. The van der Waals surface area contributed by atoms with Crippen LogP contribution in [0.3, 0.4) is 0 Å². The molecule has 4 aliphatic heterocycles. The number of fused-ring (bicyclic) bond motifs is 2. The van der Waals surface area contributed by atoms with E-state index in [1.54, 1.807) is 71.9 Å². The van der Waals surface area contributed by atoms with E-state index in [0.717, 1.165) is 11.1 Å². The average molecular weight is 800 g/mol. The lowest BCUT2D eigenvalue weighted by Crippen LogP contribution is -2.57. The van der Waals surface area contributed by atoms with Crippen molar-refractivity contribution in [3.8, 4) is 0 Å². The number of benzene rings is 2. The quantitative estimate of drug-likeness (QED) is 0.257. The van der Waals surface area contributed by atoms with Crippen molar-refractivity contribution in [3.05, 3.63) is 64.2 Å². The second-order valence-corrected chi connectivity index (χ2v) is 17.0. The zero-order valence-electron chi connectivity index (χ0n) is 33.7. The van der Waals surface area contributed by atoms with E-state index >= 15 is 0 Å². The van der Waals surface area contributed by atoms with Crippen LogP contribution in [0.25, 0.3) is 0 Å². The Bertz CT molecular complexity index is 2100. The van der Waals surface area contributed by atoms with Crippen LogP contribution in [0.5, 0.6) is 0 Å². The molecule has 2 saturated heterocycles. The molecule has 0 radical (unpaired) electrons. The Labute approximate surface area is 336 Å². The van der Waals surface area contributed by atoms with Gasteiger partial charge in [-0.2, -0.15) is 9.80 Å². The van der Waals surface area contributed by atoms with Gasteiger partial charge in [0, 0.05) is 54.7 Å². The predicted molar refractivity (Wildman–Crippen MR) is 206 cm³/mol. The molecule has 1 N–H and O–H groups in total. The number of imide groups is 6. The number of unbranched alkanes of at least 4 members (excludes halogenated alkanes) is 2. The Morgan fingerprint density at radius 3 is 1.66 bits per heavy atom. The first kappa shape index (κ1) is 41.7. The van der Waals surface area contributed by atoms with Gasteiger partial charge in [-0.05, 0) is 103 Å². The number of hydrogen-bond donors (Lipinski definition) is 1. The molecule has 2 fully saturated rings. The molecular weight excluding hydrogens is 750 g/mol. The molecule has 9 amide bonds. The predicted octanol–water partition coefficient (Wildman–Crippen LogP) is 5.25. The average Bonchev–Trinajstić information content (AvgIpc) is 3.63. The van der Waals surface area contributed by atoms with Gasteiger partial charge in [-0.3, -0.25) is 33.6 Å². The second-order valence-electron chi connectivity index (χ2n) is 17.0. The number of piperidine rings is 2. The van der Waals surface area contributed by atoms with Gasteiger partial charge in [0.2, 0.25) is 17.7 Å². The van der Waals surface area contributed by atoms with Gasteiger partial charge in [0.1, 0.15) is 23.3 Å². The largest absolute Gasteiger partial charge is 0.443 e. The maximum absolute atomic E-state index is 13.5. The number of aryl methyl sites for hydroxylation is 1. The summed E-state index contributed by atoms with van der Waals surface area (Å²) < 4.78 is 10.6. The first-order valence-corrected chi connectivity index (χ1v) is 19.6. The number of rotatable bonds is 9. The standard InChI is InChI=1S/C42H49N5O11/c1-41(2,3)57-39(55)46-33(49)20-18-30(37(46)53)44-22-27-24(13-10-14-25(27)35(44)51)12-8-7-9-17-32(48)43-29-16-11-15-26-28(29)23-45(36(26)52)31-19-21-34(50)47(38(31)54)40(56)58-42(4,5)6/h10-11,13-16,30-31H,7-9,12,17-23H2,1-6H3,(H,43,48). The van der Waals surface area contributed by atoms with Gasteiger partial charge in [0.25, 0.3) is 23.6 Å². The van der Waals surface area contributed by atoms with Gasteiger partial charge in [-0.25, -0.2) is 9.59 Å². The van der Waals surface area contributed by atoms with Crippen molar-refractivity contribution in [3.63, 3.8) is 0 Å². The molecule has 0 spiro atoms. The topological polar surface area (TPSA) is 197 Å². The summed E-state index contributed by atoms with van der Waals surface area (Å²) in [6.45, 7) is 9.92. The number of amides is 9. The highest BCUT2D eigenvalue weighted by molar-refractivity contribution is 6.15. The van der Waals surface area contributed by atoms with Crippen molar-refractivity contribution >= 4 is 59.2 Å². The van der Waals surface area contributed by atoms with Crippen molar-refractivity contribution in [2.24, 2.45) is 0 Å². The minimum atomic E-state index is -1.08. The summed E-state index contributed by atoms with van der Waals surface area (Å²) in [6.07, 6.45) is 0.594. The first-order valence-electron chi connectivity index (χ1n) is 19.6. The Hall–Kier alpha value is -5.93. The van der Waals surface area contributed by atoms with Gasteiger partial charge >= 0.3 is 12.2 Å². The lowest BCUT2D eigenvalue weighted by Gasteiger charge is -2.35. The van der Waals surface area contributed by atoms with Gasteiger partial charge in [-0.1, -0.05) is 24.6 Å². The van der Waals surface area contributed by atoms with Crippen molar-refractivity contribution < 1.29 is 52.6 Å². The Morgan fingerprint density at radius 2 is 1.14 bits per heavy atom. The van der Waals surface area contributed by atoms with E-state index < -0.39 is 65.0 Å². The van der Waals surface area contributed by atoms with Crippen LogP contribution in [-0.2, 0) is 53.0 Å². The number of nitrogens with one attached hydrogen (secondary N) is 1. The normalized spacial score (nSPS) is 19.8. The van der Waals surface area contributed by atoms with E-state index in [1.807, 2.05) is 6.07 Å². The highest BCUT2D eigenvalue weighted by Gasteiger charge is 2.48. The van der Waals surface area contributed by atoms with Gasteiger partial charge in [0.05, 0.1) is 0 Å². The molecule has 0 aromatic heterocycles. The highest BCUT2D eigenvalue weighted by atomic mass is 16.6. The number of ether oxygens (including phenoxy) is 2. The summed E-state index contributed by atoms with van der Waals surface area (Å²) in [5, 5.41) is 2.90. The molecule has 58 heavy (non-hydrogen) atoms. The molecule has 0 saturated carbocycles. The number of anilines is 1. The highest BCUT2D eigenvalue weighted by Crippen LogP contribution is 2.35. The Balaban J connectivity index is 1.01. The smallest absolute Gasteiger partial charge is 0.424 e. The third kappa shape index (κ3) is 8.65. The van der Waals surface area contributed by atoms with E-state index in [4.69, 9.17) is 9.47 Å². The first-order chi connectivity index (χ1) is 27.3. The van der Waals surface area contributed by atoms with Gasteiger partial charge in [-0.15, -0.1) is 0 Å². The van der Waals surface area contributed by atoms with Crippen LogP contribution in [-0.4, -0.2) is 96.4 Å². The third-order valence-corrected chi connectivity index (χ3v) is 10.4. The SMILES string of the molecule is CC(C)(C)OC(=O)N1C(=O)CCC(N2Cc3c(CCCCCC(=O)Nc4cccc5c4CN(C4CCC(=O)N(C(=O)OC(C)(C)C)C4=O)C5=O)cccc3C2=O)C1=O. The monoisotopic (exact) mass is 799 g/mol. The lowest BCUT2D eigenvalue weighted by atomic mass is 9.98. The fraction of sp³-hybridized carbons (Fsp3) is 0.500.